The number of carboxylic acid groups (broad SMARTS) is 1. The van der Waals surface area contributed by atoms with E-state index in [2.05, 4.69) is 4.72 Å². The molecule has 1 heterocycles. The molecule has 2 N–H and O–H groups in total. The van der Waals surface area contributed by atoms with Crippen LogP contribution in [0.3, 0.4) is 0 Å². The lowest BCUT2D eigenvalue weighted by molar-refractivity contribution is -0.142. The zero-order chi connectivity index (χ0) is 13.2. The molecule has 1 fully saturated rings. The van der Waals surface area contributed by atoms with Gasteiger partial charge in [-0.3, -0.25) is 4.79 Å². The molecule has 2 rings (SSSR count). The fourth-order valence-electron chi connectivity index (χ4n) is 2.15. The Labute approximate surface area is 110 Å². The summed E-state index contributed by atoms with van der Waals surface area (Å²) in [7, 11) is -3.43. The maximum Gasteiger partial charge on any atom is 0.306 e. The first-order valence-corrected chi connectivity index (χ1v) is 8.14. The molecule has 0 spiro atoms. The van der Waals surface area contributed by atoms with Gasteiger partial charge in [0.15, 0.2) is 0 Å². The van der Waals surface area contributed by atoms with E-state index in [-0.39, 0.29) is 12.0 Å². The van der Waals surface area contributed by atoms with Crippen molar-refractivity contribution in [1.29, 1.82) is 0 Å². The summed E-state index contributed by atoms with van der Waals surface area (Å²) in [5, 5.41) is 10.6. The number of aliphatic carboxylic acids is 1. The molecule has 0 atom stereocenters. The van der Waals surface area contributed by atoms with Gasteiger partial charge in [-0.05, 0) is 37.1 Å². The normalized spacial score (nSPS) is 24.9. The SMILES string of the molecule is O=C(O)C1CCC(NS(=O)(=O)c2cccs2)CC1. The fraction of sp³-hybridized carbons (Fsp3) is 0.545. The Bertz CT molecular complexity index is 501. The molecule has 0 saturated heterocycles. The monoisotopic (exact) mass is 289 g/mol. The number of carboxylic acids is 1. The Hall–Kier alpha value is -0.920. The molecule has 0 unspecified atom stereocenters. The van der Waals surface area contributed by atoms with Crippen LogP contribution in [-0.2, 0) is 14.8 Å². The summed E-state index contributed by atoms with van der Waals surface area (Å²) in [5.74, 6) is -1.11. The molecule has 1 saturated carbocycles. The summed E-state index contributed by atoms with van der Waals surface area (Å²) in [6.45, 7) is 0. The van der Waals surface area contributed by atoms with E-state index < -0.39 is 16.0 Å². The molecular formula is C11H15NO4S2. The summed E-state index contributed by atoms with van der Waals surface area (Å²) in [4.78, 5) is 10.8. The van der Waals surface area contributed by atoms with Gasteiger partial charge >= 0.3 is 5.97 Å². The summed E-state index contributed by atoms with van der Waals surface area (Å²) < 4.78 is 26.9. The third kappa shape index (κ3) is 3.09. The smallest absolute Gasteiger partial charge is 0.306 e. The van der Waals surface area contributed by atoms with Crippen molar-refractivity contribution in [2.24, 2.45) is 5.92 Å². The highest BCUT2D eigenvalue weighted by molar-refractivity contribution is 7.91. The average Bonchev–Trinajstić information content (AvgIpc) is 2.83. The van der Waals surface area contributed by atoms with E-state index in [1.54, 1.807) is 17.5 Å². The van der Waals surface area contributed by atoms with E-state index >= 15 is 0 Å². The van der Waals surface area contributed by atoms with E-state index in [0.717, 1.165) is 0 Å². The molecule has 18 heavy (non-hydrogen) atoms. The molecule has 1 aliphatic carbocycles. The first-order chi connectivity index (χ1) is 8.49. The van der Waals surface area contributed by atoms with Gasteiger partial charge in [0.05, 0.1) is 5.92 Å². The van der Waals surface area contributed by atoms with Crippen LogP contribution in [0.15, 0.2) is 21.7 Å². The van der Waals surface area contributed by atoms with Crippen LogP contribution in [0.25, 0.3) is 0 Å². The third-order valence-corrected chi connectivity index (χ3v) is 6.08. The van der Waals surface area contributed by atoms with Crippen LogP contribution in [0.5, 0.6) is 0 Å². The van der Waals surface area contributed by atoms with Crippen molar-refractivity contribution in [3.05, 3.63) is 17.5 Å². The van der Waals surface area contributed by atoms with Crippen LogP contribution >= 0.6 is 11.3 Å². The minimum absolute atomic E-state index is 0.146. The van der Waals surface area contributed by atoms with Crippen molar-refractivity contribution in [3.8, 4) is 0 Å². The highest BCUT2D eigenvalue weighted by atomic mass is 32.2. The number of sulfonamides is 1. The Morgan fingerprint density at radius 2 is 2.00 bits per heavy atom. The van der Waals surface area contributed by atoms with Crippen LogP contribution in [0.4, 0.5) is 0 Å². The van der Waals surface area contributed by atoms with Crippen LogP contribution in [-0.4, -0.2) is 25.5 Å². The van der Waals surface area contributed by atoms with E-state index in [1.807, 2.05) is 0 Å². The molecule has 0 aromatic carbocycles. The lowest BCUT2D eigenvalue weighted by atomic mass is 9.87. The fourth-order valence-corrected chi connectivity index (χ4v) is 4.47. The maximum absolute atomic E-state index is 12.0. The number of rotatable bonds is 4. The predicted octanol–water partition coefficient (Wildman–Crippen LogP) is 1.67. The third-order valence-electron chi connectivity index (χ3n) is 3.16. The van der Waals surface area contributed by atoms with Gasteiger partial charge in [0.1, 0.15) is 4.21 Å². The molecule has 1 aromatic rings. The van der Waals surface area contributed by atoms with Gasteiger partial charge in [-0.15, -0.1) is 11.3 Å². The van der Waals surface area contributed by atoms with Crippen molar-refractivity contribution < 1.29 is 18.3 Å². The first-order valence-electron chi connectivity index (χ1n) is 5.77. The van der Waals surface area contributed by atoms with Gasteiger partial charge in [0.2, 0.25) is 10.0 Å². The number of hydrogen-bond donors (Lipinski definition) is 2. The van der Waals surface area contributed by atoms with Crippen molar-refractivity contribution in [2.75, 3.05) is 0 Å². The second-order valence-corrected chi connectivity index (χ2v) is 7.33. The number of thiophene rings is 1. The maximum atomic E-state index is 12.0. The van der Waals surface area contributed by atoms with Crippen molar-refractivity contribution in [1.82, 2.24) is 4.72 Å². The van der Waals surface area contributed by atoms with Gasteiger partial charge in [-0.2, -0.15) is 0 Å². The standard InChI is InChI=1S/C11H15NO4S2/c13-11(14)8-3-5-9(6-4-8)12-18(15,16)10-2-1-7-17-10/h1-2,7-9,12H,3-6H2,(H,13,14). The summed E-state index contributed by atoms with van der Waals surface area (Å²) in [6, 6.07) is 3.11. The number of carbonyl (C=O) groups is 1. The molecule has 0 bridgehead atoms. The predicted molar refractivity (Wildman–Crippen MR) is 68.0 cm³/mol. The van der Waals surface area contributed by atoms with E-state index in [0.29, 0.717) is 29.9 Å². The van der Waals surface area contributed by atoms with E-state index in [4.69, 9.17) is 5.11 Å². The molecule has 100 valence electrons. The first kappa shape index (κ1) is 13.5. The Kier molecular flexibility index (Phi) is 4.04. The largest absolute Gasteiger partial charge is 0.481 e. The Morgan fingerprint density at radius 1 is 1.33 bits per heavy atom. The van der Waals surface area contributed by atoms with Gasteiger partial charge in [0.25, 0.3) is 0 Å². The molecule has 1 aromatic heterocycles. The van der Waals surface area contributed by atoms with Gasteiger partial charge in [-0.1, -0.05) is 6.07 Å². The second kappa shape index (κ2) is 5.38. The zero-order valence-electron chi connectivity index (χ0n) is 9.70. The van der Waals surface area contributed by atoms with Crippen LogP contribution < -0.4 is 4.72 Å². The van der Waals surface area contributed by atoms with Crippen LogP contribution in [0.1, 0.15) is 25.7 Å². The van der Waals surface area contributed by atoms with Gasteiger partial charge in [0, 0.05) is 6.04 Å². The van der Waals surface area contributed by atoms with Crippen molar-refractivity contribution >= 4 is 27.3 Å². The Morgan fingerprint density at radius 3 is 2.50 bits per heavy atom. The quantitative estimate of drug-likeness (QED) is 0.883. The Balaban J connectivity index is 1.94. The highest BCUT2D eigenvalue weighted by Crippen LogP contribution is 2.26. The lowest BCUT2D eigenvalue weighted by Gasteiger charge is -2.26. The molecule has 7 heteroatoms. The molecule has 0 aliphatic heterocycles. The van der Waals surface area contributed by atoms with Gasteiger partial charge < -0.3 is 5.11 Å². The minimum atomic E-state index is -3.43. The van der Waals surface area contributed by atoms with Crippen molar-refractivity contribution in [3.63, 3.8) is 0 Å². The van der Waals surface area contributed by atoms with Gasteiger partial charge in [-0.25, -0.2) is 13.1 Å². The number of nitrogens with one attached hydrogen (secondary N) is 1. The molecular weight excluding hydrogens is 274 g/mol. The number of hydrogen-bond acceptors (Lipinski definition) is 4. The van der Waals surface area contributed by atoms with E-state index in [1.165, 1.54) is 11.3 Å². The lowest BCUT2D eigenvalue weighted by Crippen LogP contribution is -2.38. The summed E-state index contributed by atoms with van der Waals surface area (Å²) >= 11 is 1.18. The van der Waals surface area contributed by atoms with Crippen LogP contribution in [0, 0.1) is 5.92 Å². The minimum Gasteiger partial charge on any atom is -0.481 e. The summed E-state index contributed by atoms with van der Waals surface area (Å²) in [5.41, 5.74) is 0. The molecule has 0 amide bonds. The highest BCUT2D eigenvalue weighted by Gasteiger charge is 2.29. The summed E-state index contributed by atoms with van der Waals surface area (Å²) in [6.07, 6.45) is 2.24. The zero-order valence-corrected chi connectivity index (χ0v) is 11.3. The molecule has 0 radical (unpaired) electrons. The van der Waals surface area contributed by atoms with Crippen molar-refractivity contribution in [2.45, 2.75) is 35.9 Å². The molecule has 5 nitrogen and oxygen atoms in total. The van der Waals surface area contributed by atoms with Crippen LogP contribution in [0.2, 0.25) is 0 Å². The second-order valence-electron chi connectivity index (χ2n) is 4.44. The molecule has 1 aliphatic rings. The average molecular weight is 289 g/mol. The topological polar surface area (TPSA) is 83.5 Å². The van der Waals surface area contributed by atoms with E-state index in [9.17, 15) is 13.2 Å².